The predicted molar refractivity (Wildman–Crippen MR) is 142 cm³/mol. The van der Waals surface area contributed by atoms with Gasteiger partial charge in [-0.2, -0.15) is 5.26 Å². The van der Waals surface area contributed by atoms with Crippen LogP contribution in [-0.4, -0.2) is 60.0 Å². The number of nitrogens with zero attached hydrogens (tertiary/aromatic N) is 3. The van der Waals surface area contributed by atoms with Gasteiger partial charge in [-0.3, -0.25) is 19.9 Å². The molecule has 2 amide bonds. The number of likely N-dealkylation sites (tertiary alicyclic amines) is 1. The molecule has 0 spiro atoms. The number of hydrogen-bond donors (Lipinski definition) is 2. The van der Waals surface area contributed by atoms with E-state index in [-0.39, 0.29) is 40.9 Å². The summed E-state index contributed by atoms with van der Waals surface area (Å²) in [6.07, 6.45) is 2.09. The fourth-order valence-corrected chi connectivity index (χ4v) is 7.46. The number of hydrogen-bond acceptors (Lipinski definition) is 7. The number of halogens is 5. The number of amides is 2. The number of nitriles is 1. The summed E-state index contributed by atoms with van der Waals surface area (Å²) >= 11 is 9.18. The second-order valence-electron chi connectivity index (χ2n) is 9.70. The lowest BCUT2D eigenvalue weighted by atomic mass is 9.82. The summed E-state index contributed by atoms with van der Waals surface area (Å²) in [6, 6.07) is 4.81. The summed E-state index contributed by atoms with van der Waals surface area (Å²) in [5.74, 6) is -2.85. The number of carbonyl (C=O) groups excluding carboxylic acids is 2. The van der Waals surface area contributed by atoms with Crippen molar-refractivity contribution in [3.05, 3.63) is 57.3 Å². The van der Waals surface area contributed by atoms with Crippen molar-refractivity contribution in [1.29, 1.82) is 5.26 Å². The number of aromatic nitrogens is 1. The molecule has 2 aliphatic heterocycles. The van der Waals surface area contributed by atoms with Crippen LogP contribution in [0.3, 0.4) is 0 Å². The minimum Gasteiger partial charge on any atom is -0.336 e. The normalized spacial score (nSPS) is 25.2. The van der Waals surface area contributed by atoms with E-state index in [1.807, 2.05) is 6.07 Å². The highest BCUT2D eigenvalue weighted by Crippen LogP contribution is 2.40. The van der Waals surface area contributed by atoms with Crippen molar-refractivity contribution in [2.45, 2.75) is 52.9 Å². The Kier molecular flexibility index (Phi) is 8.01. The Morgan fingerprint density at radius 2 is 1.95 bits per heavy atom. The van der Waals surface area contributed by atoms with Crippen molar-refractivity contribution in [3.8, 4) is 6.07 Å². The van der Waals surface area contributed by atoms with Gasteiger partial charge in [-0.25, -0.2) is 17.2 Å². The quantitative estimate of drug-likeness (QED) is 0.454. The summed E-state index contributed by atoms with van der Waals surface area (Å²) < 4.78 is 56.0. The van der Waals surface area contributed by atoms with Gasteiger partial charge in [-0.1, -0.05) is 11.6 Å². The first-order valence-electron chi connectivity index (χ1n) is 11.7. The third-order valence-electron chi connectivity index (χ3n) is 7.30. The number of pyridine rings is 1. The number of sulfone groups is 1. The van der Waals surface area contributed by atoms with Crippen molar-refractivity contribution < 1.29 is 26.8 Å². The molecule has 39 heavy (non-hydrogen) atoms. The van der Waals surface area contributed by atoms with E-state index >= 15 is 0 Å². The van der Waals surface area contributed by atoms with Crippen LogP contribution in [0.1, 0.15) is 31.4 Å². The SMILES string of the molecule is Cl.N#CC1(NC(=O)[C@@H]2C[C@@H](S(=O)(=O)c3ccc(F)cc3Cl)CN2C(=O)C2(c3ncc(Br)cc3F)CCN2)CC1. The second-order valence-corrected chi connectivity index (χ2v) is 13.2. The van der Waals surface area contributed by atoms with Crippen LogP contribution in [0.5, 0.6) is 0 Å². The molecule has 2 N–H and O–H groups in total. The van der Waals surface area contributed by atoms with E-state index in [4.69, 9.17) is 11.6 Å². The van der Waals surface area contributed by atoms with Gasteiger partial charge in [0.2, 0.25) is 11.8 Å². The van der Waals surface area contributed by atoms with Crippen LogP contribution in [0.25, 0.3) is 0 Å². The van der Waals surface area contributed by atoms with Gasteiger partial charge < -0.3 is 10.2 Å². The van der Waals surface area contributed by atoms with Gasteiger partial charge >= 0.3 is 0 Å². The predicted octanol–water partition coefficient (Wildman–Crippen LogP) is 3.00. The Bertz CT molecular complexity index is 1500. The van der Waals surface area contributed by atoms with Gasteiger partial charge in [-0.05, 0) is 72.4 Å². The van der Waals surface area contributed by atoms with Crippen LogP contribution in [0.2, 0.25) is 5.02 Å². The first-order valence-corrected chi connectivity index (χ1v) is 14.4. The molecule has 3 aliphatic rings. The third-order valence-corrected chi connectivity index (χ3v) is 10.3. The second kappa shape index (κ2) is 10.6. The van der Waals surface area contributed by atoms with Gasteiger partial charge in [0.25, 0.3) is 0 Å². The van der Waals surface area contributed by atoms with Crippen LogP contribution in [0.15, 0.2) is 39.8 Å². The molecule has 5 rings (SSSR count). The Labute approximate surface area is 242 Å². The molecule has 1 aromatic heterocycles. The van der Waals surface area contributed by atoms with Gasteiger partial charge in [-0.15, -0.1) is 12.4 Å². The fraction of sp³-hybridized carbons (Fsp3) is 0.417. The summed E-state index contributed by atoms with van der Waals surface area (Å²) in [6.45, 7) is -0.0217. The minimum atomic E-state index is -4.22. The molecular formula is C24H22BrCl2F2N5O4S. The largest absolute Gasteiger partial charge is 0.336 e. The fourth-order valence-electron chi connectivity index (χ4n) is 4.92. The maximum Gasteiger partial charge on any atom is 0.250 e. The number of carbonyl (C=O) groups is 2. The van der Waals surface area contributed by atoms with Crippen molar-refractivity contribution in [2.24, 2.45) is 0 Å². The zero-order valence-corrected chi connectivity index (χ0v) is 24.1. The number of rotatable bonds is 6. The van der Waals surface area contributed by atoms with Crippen LogP contribution in [0, 0.1) is 23.0 Å². The van der Waals surface area contributed by atoms with Crippen LogP contribution < -0.4 is 10.6 Å². The lowest BCUT2D eigenvalue weighted by Gasteiger charge is -2.44. The van der Waals surface area contributed by atoms with E-state index in [1.165, 1.54) is 12.3 Å². The smallest absolute Gasteiger partial charge is 0.250 e. The molecule has 2 saturated heterocycles. The van der Waals surface area contributed by atoms with Crippen molar-refractivity contribution in [3.63, 3.8) is 0 Å². The zero-order chi connectivity index (χ0) is 27.5. The van der Waals surface area contributed by atoms with Gasteiger partial charge in [0, 0.05) is 17.2 Å². The highest BCUT2D eigenvalue weighted by Gasteiger charge is 2.56. The maximum atomic E-state index is 15.0. The average molecular weight is 665 g/mol. The Morgan fingerprint density at radius 1 is 1.26 bits per heavy atom. The molecule has 3 fully saturated rings. The molecule has 1 saturated carbocycles. The molecule has 1 unspecified atom stereocenters. The van der Waals surface area contributed by atoms with Crippen molar-refractivity contribution in [1.82, 2.24) is 20.5 Å². The summed E-state index contributed by atoms with van der Waals surface area (Å²) in [5, 5.41) is 13.4. The van der Waals surface area contributed by atoms with E-state index < -0.39 is 62.2 Å². The number of benzene rings is 1. The van der Waals surface area contributed by atoms with E-state index in [0.717, 1.165) is 23.1 Å². The Balaban J connectivity index is 0.00000353. The molecule has 1 aromatic carbocycles. The highest BCUT2D eigenvalue weighted by atomic mass is 79.9. The Morgan fingerprint density at radius 3 is 2.49 bits per heavy atom. The summed E-state index contributed by atoms with van der Waals surface area (Å²) in [5.41, 5.74) is -2.82. The lowest BCUT2D eigenvalue weighted by molar-refractivity contribution is -0.147. The molecule has 9 nitrogen and oxygen atoms in total. The van der Waals surface area contributed by atoms with E-state index in [0.29, 0.717) is 23.9 Å². The zero-order valence-electron chi connectivity index (χ0n) is 20.1. The standard InChI is InChI=1S/C24H21BrClF2N5O4S.ClH/c25-13-7-17(28)20(30-10-13)24(5-6-31-24)22(35)33-11-15(9-18(33)21(34)32-23(12-29)3-4-23)38(36,37)19-2-1-14(27)8-16(19)26;/h1-2,7-8,10,15,18,31H,3-6,9,11H2,(H,32,34);1H/t15-,18+,24?;/m1./s1. The third kappa shape index (κ3) is 5.13. The molecule has 15 heteroatoms. The maximum absolute atomic E-state index is 15.0. The van der Waals surface area contributed by atoms with Crippen molar-refractivity contribution in [2.75, 3.05) is 13.1 Å². The van der Waals surface area contributed by atoms with E-state index in [1.54, 1.807) is 0 Å². The van der Waals surface area contributed by atoms with E-state index in [9.17, 15) is 32.0 Å². The molecule has 1 aliphatic carbocycles. The van der Waals surface area contributed by atoms with Crippen LogP contribution in [-0.2, 0) is 25.0 Å². The monoisotopic (exact) mass is 663 g/mol. The number of nitrogens with one attached hydrogen (secondary N) is 2. The molecule has 2 aromatic rings. The molecule has 3 heterocycles. The topological polar surface area (TPSA) is 132 Å². The van der Waals surface area contributed by atoms with E-state index in [2.05, 4.69) is 31.5 Å². The summed E-state index contributed by atoms with van der Waals surface area (Å²) in [4.78, 5) is 32.2. The van der Waals surface area contributed by atoms with Gasteiger partial charge in [0.1, 0.15) is 34.4 Å². The molecule has 0 radical (unpaired) electrons. The van der Waals surface area contributed by atoms with Gasteiger partial charge in [0.05, 0.1) is 21.2 Å². The highest BCUT2D eigenvalue weighted by molar-refractivity contribution is 9.10. The van der Waals surface area contributed by atoms with Crippen LogP contribution >= 0.6 is 39.9 Å². The average Bonchev–Trinajstić information content (AvgIpc) is 3.44. The molecule has 3 atom stereocenters. The molecular weight excluding hydrogens is 643 g/mol. The Hall–Kier alpha value is -2.37. The van der Waals surface area contributed by atoms with Crippen LogP contribution in [0.4, 0.5) is 8.78 Å². The van der Waals surface area contributed by atoms with Crippen molar-refractivity contribution >= 4 is 61.6 Å². The minimum absolute atomic E-state index is 0. The summed E-state index contributed by atoms with van der Waals surface area (Å²) in [7, 11) is -4.22. The van der Waals surface area contributed by atoms with Gasteiger partial charge in [0.15, 0.2) is 9.84 Å². The molecule has 208 valence electrons. The lowest BCUT2D eigenvalue weighted by Crippen LogP contribution is -2.66. The first-order chi connectivity index (χ1) is 17.9. The first kappa shape index (κ1) is 29.6. The molecule has 0 bridgehead atoms.